The summed E-state index contributed by atoms with van der Waals surface area (Å²) in [4.78, 5) is 32.3. The van der Waals surface area contributed by atoms with Gasteiger partial charge < -0.3 is 20.3 Å². The third kappa shape index (κ3) is 5.90. The monoisotopic (exact) mass is 548 g/mol. The lowest BCUT2D eigenvalue weighted by atomic mass is 9.96. The lowest BCUT2D eigenvalue weighted by Gasteiger charge is -2.28. The summed E-state index contributed by atoms with van der Waals surface area (Å²) >= 11 is 0. The molecule has 1 unspecified atom stereocenters. The number of benzene rings is 3. The van der Waals surface area contributed by atoms with Crippen LogP contribution in [-0.2, 0) is 23.0 Å². The van der Waals surface area contributed by atoms with Crippen molar-refractivity contribution in [3.05, 3.63) is 101 Å². The number of anilines is 3. The summed E-state index contributed by atoms with van der Waals surface area (Å²) in [5, 5.41) is 10.1. The van der Waals surface area contributed by atoms with Gasteiger partial charge in [0.25, 0.3) is 5.91 Å². The number of nitrogens with one attached hydrogen (secondary N) is 2. The van der Waals surface area contributed by atoms with E-state index in [1.54, 1.807) is 24.0 Å². The van der Waals surface area contributed by atoms with Gasteiger partial charge in [-0.2, -0.15) is 5.10 Å². The highest BCUT2D eigenvalue weighted by atomic mass is 16.5. The van der Waals surface area contributed by atoms with Gasteiger partial charge in [0, 0.05) is 43.4 Å². The summed E-state index contributed by atoms with van der Waals surface area (Å²) in [6, 6.07) is 23.7. The van der Waals surface area contributed by atoms with E-state index in [4.69, 9.17) is 4.74 Å². The lowest BCUT2D eigenvalue weighted by Crippen LogP contribution is -2.36. The summed E-state index contributed by atoms with van der Waals surface area (Å²) < 4.78 is 7.01. The molecule has 2 N–H and O–H groups in total. The first-order chi connectivity index (χ1) is 19.9. The SMILES string of the molecule is Cc1cc(C(=O)Nc2ccc(Cc3ccc4c(c3)C(C=Nc3ccc(N5CCOCC5)cc3)C(=O)N4)cc2)n(C)n1. The number of fused-ring (bicyclic) bond motifs is 1. The fourth-order valence-corrected chi connectivity index (χ4v) is 5.28. The van der Waals surface area contributed by atoms with Crippen molar-refractivity contribution in [2.45, 2.75) is 19.3 Å². The van der Waals surface area contributed by atoms with Crippen LogP contribution in [0, 0.1) is 6.92 Å². The van der Waals surface area contributed by atoms with Crippen LogP contribution in [0.5, 0.6) is 0 Å². The van der Waals surface area contributed by atoms with Crippen LogP contribution in [0.1, 0.15) is 38.8 Å². The Bertz CT molecular complexity index is 1600. The van der Waals surface area contributed by atoms with Gasteiger partial charge in [0.05, 0.1) is 24.6 Å². The molecule has 0 radical (unpaired) electrons. The maximum Gasteiger partial charge on any atom is 0.273 e. The van der Waals surface area contributed by atoms with Crippen LogP contribution in [-0.4, -0.2) is 54.1 Å². The second-order valence-electron chi connectivity index (χ2n) is 10.4. The van der Waals surface area contributed by atoms with E-state index in [1.165, 1.54) is 0 Å². The molecule has 9 nitrogen and oxygen atoms in total. The second-order valence-corrected chi connectivity index (χ2v) is 10.4. The topological polar surface area (TPSA) is 101 Å². The number of hydrogen-bond acceptors (Lipinski definition) is 6. The third-order valence-corrected chi connectivity index (χ3v) is 7.44. The number of amides is 2. The van der Waals surface area contributed by atoms with E-state index in [0.717, 1.165) is 71.4 Å². The first-order valence-electron chi connectivity index (χ1n) is 13.7. The number of rotatable bonds is 7. The normalized spacial score (nSPS) is 16.6. The smallest absolute Gasteiger partial charge is 0.273 e. The van der Waals surface area contributed by atoms with Crippen LogP contribution >= 0.6 is 0 Å². The van der Waals surface area contributed by atoms with E-state index in [-0.39, 0.29) is 11.8 Å². The predicted molar refractivity (Wildman–Crippen MR) is 161 cm³/mol. The number of carbonyl (C=O) groups is 2. The predicted octanol–water partition coefficient (Wildman–Crippen LogP) is 4.85. The molecule has 4 aromatic rings. The van der Waals surface area contributed by atoms with Gasteiger partial charge in [-0.3, -0.25) is 19.3 Å². The number of morpholine rings is 1. The van der Waals surface area contributed by atoms with E-state index in [2.05, 4.69) is 43.8 Å². The van der Waals surface area contributed by atoms with Crippen molar-refractivity contribution in [3.8, 4) is 0 Å². The molecule has 9 heteroatoms. The number of aryl methyl sites for hydroxylation is 2. The van der Waals surface area contributed by atoms with Gasteiger partial charge in [0.2, 0.25) is 5.91 Å². The van der Waals surface area contributed by atoms with Crippen LogP contribution in [0.15, 0.2) is 77.8 Å². The molecule has 2 amide bonds. The molecule has 2 aliphatic rings. The number of ether oxygens (including phenoxy) is 1. The Morgan fingerprint density at radius 2 is 1.78 bits per heavy atom. The van der Waals surface area contributed by atoms with Crippen LogP contribution in [0.25, 0.3) is 0 Å². The van der Waals surface area contributed by atoms with E-state index >= 15 is 0 Å². The molecule has 3 aromatic carbocycles. The third-order valence-electron chi connectivity index (χ3n) is 7.44. The van der Waals surface area contributed by atoms with E-state index in [9.17, 15) is 9.59 Å². The quantitative estimate of drug-likeness (QED) is 0.322. The number of hydrogen-bond donors (Lipinski definition) is 2. The van der Waals surface area contributed by atoms with E-state index < -0.39 is 5.92 Å². The molecule has 1 atom stereocenters. The summed E-state index contributed by atoms with van der Waals surface area (Å²) in [6.07, 6.45) is 2.43. The Labute approximate surface area is 238 Å². The number of aliphatic imine (C=N–C) groups is 1. The summed E-state index contributed by atoms with van der Waals surface area (Å²) in [6.45, 7) is 5.12. The lowest BCUT2D eigenvalue weighted by molar-refractivity contribution is -0.115. The maximum absolute atomic E-state index is 12.8. The van der Waals surface area contributed by atoms with Gasteiger partial charge in [0.15, 0.2) is 0 Å². The van der Waals surface area contributed by atoms with Gasteiger partial charge in [-0.25, -0.2) is 0 Å². The molecule has 208 valence electrons. The molecule has 0 saturated carbocycles. The Kier molecular flexibility index (Phi) is 7.35. The van der Waals surface area contributed by atoms with Gasteiger partial charge in [-0.1, -0.05) is 24.3 Å². The fourth-order valence-electron chi connectivity index (χ4n) is 5.28. The molecule has 1 aromatic heterocycles. The van der Waals surface area contributed by atoms with Gasteiger partial charge in [-0.15, -0.1) is 0 Å². The van der Waals surface area contributed by atoms with Crippen molar-refractivity contribution in [2.24, 2.45) is 12.0 Å². The van der Waals surface area contributed by atoms with Crippen molar-refractivity contribution < 1.29 is 14.3 Å². The van der Waals surface area contributed by atoms with E-state index in [0.29, 0.717) is 12.1 Å². The molecule has 2 aliphatic heterocycles. The highest BCUT2D eigenvalue weighted by Crippen LogP contribution is 2.33. The highest BCUT2D eigenvalue weighted by Gasteiger charge is 2.29. The number of nitrogens with zero attached hydrogens (tertiary/aromatic N) is 4. The second kappa shape index (κ2) is 11.4. The maximum atomic E-state index is 12.8. The molecular weight excluding hydrogens is 516 g/mol. The Morgan fingerprint density at radius 3 is 2.49 bits per heavy atom. The highest BCUT2D eigenvalue weighted by molar-refractivity contribution is 6.12. The molecule has 0 aliphatic carbocycles. The zero-order chi connectivity index (χ0) is 28.3. The molecule has 6 rings (SSSR count). The Balaban J connectivity index is 1.11. The summed E-state index contributed by atoms with van der Waals surface area (Å²) in [7, 11) is 1.75. The molecule has 0 bridgehead atoms. The number of carbonyl (C=O) groups excluding carboxylic acids is 2. The first-order valence-corrected chi connectivity index (χ1v) is 13.7. The molecule has 3 heterocycles. The van der Waals surface area contributed by atoms with Crippen LogP contribution in [0.4, 0.5) is 22.7 Å². The average Bonchev–Trinajstić information content (AvgIpc) is 3.50. The van der Waals surface area contributed by atoms with Crippen molar-refractivity contribution in [1.82, 2.24) is 9.78 Å². The summed E-state index contributed by atoms with van der Waals surface area (Å²) in [5.41, 5.74) is 7.93. The molecule has 1 fully saturated rings. The van der Waals surface area contributed by atoms with Crippen LogP contribution in [0.2, 0.25) is 0 Å². The average molecular weight is 549 g/mol. The Hall–Kier alpha value is -4.76. The minimum atomic E-state index is -0.447. The minimum Gasteiger partial charge on any atom is -0.378 e. The van der Waals surface area contributed by atoms with Gasteiger partial charge in [0.1, 0.15) is 11.6 Å². The van der Waals surface area contributed by atoms with Gasteiger partial charge in [-0.05, 0) is 78.6 Å². The zero-order valence-corrected chi connectivity index (χ0v) is 23.1. The van der Waals surface area contributed by atoms with Crippen LogP contribution in [0.3, 0.4) is 0 Å². The van der Waals surface area contributed by atoms with Crippen molar-refractivity contribution in [3.63, 3.8) is 0 Å². The Morgan fingerprint density at radius 1 is 1.05 bits per heavy atom. The van der Waals surface area contributed by atoms with Crippen molar-refractivity contribution in [2.75, 3.05) is 41.8 Å². The number of aromatic nitrogens is 2. The van der Waals surface area contributed by atoms with E-state index in [1.807, 2.05) is 55.5 Å². The van der Waals surface area contributed by atoms with Gasteiger partial charge >= 0.3 is 0 Å². The standard InChI is InChI=1S/C32H32N6O3/c1-21-17-30(37(2)36-21)32(40)34-25-6-3-22(4-7-25)18-23-5-12-29-27(19-23)28(31(39)35-29)20-33-24-8-10-26(11-9-24)38-13-15-41-16-14-38/h3-12,17,19-20,28H,13-16,18H2,1-2H3,(H,34,40)(H,35,39). The van der Waals surface area contributed by atoms with Crippen molar-refractivity contribution >= 4 is 40.8 Å². The summed E-state index contributed by atoms with van der Waals surface area (Å²) in [5.74, 6) is -0.718. The molecular formula is C32H32N6O3. The zero-order valence-electron chi connectivity index (χ0n) is 23.1. The van der Waals surface area contributed by atoms with Crippen molar-refractivity contribution in [1.29, 1.82) is 0 Å². The molecule has 1 saturated heterocycles. The molecule has 41 heavy (non-hydrogen) atoms. The minimum absolute atomic E-state index is 0.0745. The fraction of sp³-hybridized carbons (Fsp3) is 0.250. The largest absolute Gasteiger partial charge is 0.378 e. The first kappa shape index (κ1) is 26.5. The molecule has 0 spiro atoms. The van der Waals surface area contributed by atoms with Crippen LogP contribution < -0.4 is 15.5 Å².